The summed E-state index contributed by atoms with van der Waals surface area (Å²) in [5, 5.41) is 28.2. The van der Waals surface area contributed by atoms with Crippen LogP contribution in [0.25, 0.3) is 0 Å². The van der Waals surface area contributed by atoms with Crippen LogP contribution in [-0.4, -0.2) is 59.6 Å². The molecule has 0 bridgehead atoms. The Bertz CT molecular complexity index is 259. The van der Waals surface area contributed by atoms with E-state index in [-0.39, 0.29) is 6.61 Å². The quantitative estimate of drug-likeness (QED) is 0.391. The lowest BCUT2D eigenvalue weighted by molar-refractivity contribution is -0.0730. The average molecular weight is 288 g/mol. The van der Waals surface area contributed by atoms with Crippen molar-refractivity contribution in [1.82, 2.24) is 0 Å². The monoisotopic (exact) mass is 288 g/mol. The van der Waals surface area contributed by atoms with Crippen molar-refractivity contribution in [2.45, 2.75) is 62.9 Å². The summed E-state index contributed by atoms with van der Waals surface area (Å²) in [5.74, 6) is 0. The summed E-state index contributed by atoms with van der Waals surface area (Å²) >= 11 is 0. The van der Waals surface area contributed by atoms with Gasteiger partial charge < -0.3 is 24.8 Å². The molecule has 1 rings (SSSR count). The molecule has 0 amide bonds. The Kier molecular flexibility index (Phi) is 9.05. The molecule has 5 heteroatoms. The van der Waals surface area contributed by atoms with Crippen LogP contribution in [-0.2, 0) is 9.47 Å². The Hall–Kier alpha value is -0.460. The highest BCUT2D eigenvalue weighted by Crippen LogP contribution is 2.20. The van der Waals surface area contributed by atoms with E-state index in [1.807, 2.05) is 6.08 Å². The summed E-state index contributed by atoms with van der Waals surface area (Å²) in [7, 11) is 0. The van der Waals surface area contributed by atoms with Gasteiger partial charge in [-0.1, -0.05) is 25.3 Å². The summed E-state index contributed by atoms with van der Waals surface area (Å²) in [4.78, 5) is 0. The topological polar surface area (TPSA) is 79.2 Å². The van der Waals surface area contributed by atoms with E-state index in [2.05, 4.69) is 6.58 Å². The molecule has 0 aliphatic carbocycles. The van der Waals surface area contributed by atoms with Crippen molar-refractivity contribution in [3.63, 3.8) is 0 Å². The number of ether oxygens (including phenoxy) is 2. The first-order chi connectivity index (χ1) is 9.70. The highest BCUT2D eigenvalue weighted by atomic mass is 16.6. The van der Waals surface area contributed by atoms with Gasteiger partial charge in [0.15, 0.2) is 0 Å². The minimum atomic E-state index is -1.05. The molecule has 1 aliphatic heterocycles. The number of hydrogen-bond acceptors (Lipinski definition) is 5. The minimum absolute atomic E-state index is 0.266. The lowest BCUT2D eigenvalue weighted by atomic mass is 10.1. The van der Waals surface area contributed by atoms with E-state index >= 15 is 0 Å². The molecule has 5 nitrogen and oxygen atoms in total. The van der Waals surface area contributed by atoms with E-state index in [4.69, 9.17) is 14.6 Å². The van der Waals surface area contributed by atoms with Gasteiger partial charge in [0.05, 0.1) is 13.2 Å². The molecular weight excluding hydrogens is 260 g/mol. The van der Waals surface area contributed by atoms with Gasteiger partial charge in [-0.2, -0.15) is 0 Å². The predicted molar refractivity (Wildman–Crippen MR) is 76.5 cm³/mol. The largest absolute Gasteiger partial charge is 0.394 e. The maximum Gasteiger partial charge on any atom is 0.114 e. The fourth-order valence-corrected chi connectivity index (χ4v) is 2.36. The third kappa shape index (κ3) is 5.89. The van der Waals surface area contributed by atoms with Crippen molar-refractivity contribution in [3.05, 3.63) is 12.7 Å². The molecule has 4 atom stereocenters. The molecule has 0 spiro atoms. The molecule has 1 saturated heterocycles. The van der Waals surface area contributed by atoms with Gasteiger partial charge in [-0.3, -0.25) is 0 Å². The highest BCUT2D eigenvalue weighted by molar-refractivity contribution is 4.88. The smallest absolute Gasteiger partial charge is 0.114 e. The first kappa shape index (κ1) is 17.6. The molecule has 1 fully saturated rings. The van der Waals surface area contributed by atoms with Crippen LogP contribution in [0, 0.1) is 0 Å². The van der Waals surface area contributed by atoms with Gasteiger partial charge >= 0.3 is 0 Å². The Morgan fingerprint density at radius 2 is 1.95 bits per heavy atom. The van der Waals surface area contributed by atoms with Gasteiger partial charge in [0.25, 0.3) is 0 Å². The summed E-state index contributed by atoms with van der Waals surface area (Å²) in [6.45, 7) is 4.14. The van der Waals surface area contributed by atoms with Crippen molar-refractivity contribution in [1.29, 1.82) is 0 Å². The molecule has 0 unspecified atom stereocenters. The highest BCUT2D eigenvalue weighted by Gasteiger charge is 2.40. The number of rotatable bonds is 11. The third-order valence-electron chi connectivity index (χ3n) is 3.62. The standard InChI is InChI=1S/C15H28O5/c1-2-3-4-5-6-7-8-9-19-13-11-20-15(14(13)18)12(17)10-16/h2,12-18H,1,3-11H2/t12-,13+,14+,15+/m0/s1. The van der Waals surface area contributed by atoms with Gasteiger partial charge in [0.1, 0.15) is 24.4 Å². The average Bonchev–Trinajstić information content (AvgIpc) is 2.82. The summed E-state index contributed by atoms with van der Waals surface area (Å²) < 4.78 is 10.8. The molecule has 3 N–H and O–H groups in total. The second kappa shape index (κ2) is 10.3. The van der Waals surface area contributed by atoms with Crippen molar-refractivity contribution in [2.24, 2.45) is 0 Å². The van der Waals surface area contributed by atoms with Gasteiger partial charge in [-0.15, -0.1) is 6.58 Å². The van der Waals surface area contributed by atoms with Gasteiger partial charge in [0.2, 0.25) is 0 Å². The zero-order chi connectivity index (χ0) is 14.8. The number of aliphatic hydroxyl groups is 3. The van der Waals surface area contributed by atoms with Crippen LogP contribution in [0.4, 0.5) is 0 Å². The van der Waals surface area contributed by atoms with Crippen molar-refractivity contribution < 1.29 is 24.8 Å². The number of allylic oxidation sites excluding steroid dienone is 1. The minimum Gasteiger partial charge on any atom is -0.394 e. The maximum absolute atomic E-state index is 9.92. The van der Waals surface area contributed by atoms with Crippen LogP contribution >= 0.6 is 0 Å². The lowest BCUT2D eigenvalue weighted by Crippen LogP contribution is -2.41. The fraction of sp³-hybridized carbons (Fsp3) is 0.867. The molecule has 0 radical (unpaired) electrons. The van der Waals surface area contributed by atoms with Gasteiger partial charge in [-0.25, -0.2) is 0 Å². The van der Waals surface area contributed by atoms with E-state index in [9.17, 15) is 10.2 Å². The van der Waals surface area contributed by atoms with Crippen LogP contribution in [0.3, 0.4) is 0 Å². The molecule has 118 valence electrons. The first-order valence-corrected chi connectivity index (χ1v) is 7.51. The summed E-state index contributed by atoms with van der Waals surface area (Å²) in [6, 6.07) is 0. The van der Waals surface area contributed by atoms with Gasteiger partial charge in [-0.05, 0) is 19.3 Å². The molecular formula is C15H28O5. The van der Waals surface area contributed by atoms with Crippen LogP contribution in [0.1, 0.15) is 38.5 Å². The van der Waals surface area contributed by atoms with E-state index < -0.39 is 31.0 Å². The predicted octanol–water partition coefficient (Wildman–Crippen LogP) is 1.01. The second-order valence-electron chi connectivity index (χ2n) is 5.29. The first-order valence-electron chi connectivity index (χ1n) is 7.51. The Labute approximate surface area is 121 Å². The molecule has 0 aromatic heterocycles. The molecule has 0 aromatic rings. The molecule has 1 aliphatic rings. The van der Waals surface area contributed by atoms with Crippen LogP contribution in [0.2, 0.25) is 0 Å². The number of unbranched alkanes of at least 4 members (excludes halogenated alkanes) is 5. The molecule has 0 aromatic carbocycles. The van der Waals surface area contributed by atoms with E-state index in [0.29, 0.717) is 6.61 Å². The number of aliphatic hydroxyl groups excluding tert-OH is 3. The Morgan fingerprint density at radius 3 is 2.65 bits per heavy atom. The SMILES string of the molecule is C=CCCCCCCCO[C@@H]1CO[C@H]([C@@H](O)CO)[C@@H]1O. The van der Waals surface area contributed by atoms with Crippen molar-refractivity contribution >= 4 is 0 Å². The Morgan fingerprint density at radius 1 is 1.25 bits per heavy atom. The zero-order valence-corrected chi connectivity index (χ0v) is 12.1. The van der Waals surface area contributed by atoms with Crippen molar-refractivity contribution in [2.75, 3.05) is 19.8 Å². The van der Waals surface area contributed by atoms with E-state index in [1.54, 1.807) is 0 Å². The maximum atomic E-state index is 9.92. The van der Waals surface area contributed by atoms with Crippen molar-refractivity contribution in [3.8, 4) is 0 Å². The molecule has 1 heterocycles. The lowest BCUT2D eigenvalue weighted by Gasteiger charge is -2.20. The zero-order valence-electron chi connectivity index (χ0n) is 12.1. The van der Waals surface area contributed by atoms with E-state index in [1.165, 1.54) is 19.3 Å². The fourth-order valence-electron chi connectivity index (χ4n) is 2.36. The molecule has 0 saturated carbocycles. The molecule has 20 heavy (non-hydrogen) atoms. The summed E-state index contributed by atoms with van der Waals surface area (Å²) in [5.41, 5.74) is 0. The second-order valence-corrected chi connectivity index (χ2v) is 5.29. The van der Waals surface area contributed by atoms with Crippen LogP contribution in [0.5, 0.6) is 0 Å². The van der Waals surface area contributed by atoms with Gasteiger partial charge in [0, 0.05) is 6.61 Å². The summed E-state index contributed by atoms with van der Waals surface area (Å²) in [6.07, 6.45) is 5.63. The third-order valence-corrected chi connectivity index (χ3v) is 3.62. The number of hydrogen-bond donors (Lipinski definition) is 3. The van der Waals surface area contributed by atoms with Crippen LogP contribution < -0.4 is 0 Å². The van der Waals surface area contributed by atoms with Crippen LogP contribution in [0.15, 0.2) is 12.7 Å². The Balaban J connectivity index is 2.04. The van der Waals surface area contributed by atoms with E-state index in [0.717, 1.165) is 19.3 Å². The normalized spacial score (nSPS) is 27.6.